The Bertz CT molecular complexity index is 1050. The number of hydrogen-bond acceptors (Lipinski definition) is 4. The zero-order valence-corrected chi connectivity index (χ0v) is 17.1. The average molecular weight is 408 g/mol. The van der Waals surface area contributed by atoms with E-state index in [1.54, 1.807) is 60.5 Å². The number of aliphatic hydroxyl groups excluding tert-OH is 2. The largest absolute Gasteiger partial charge is 0.502 e. The lowest BCUT2D eigenvalue weighted by molar-refractivity contribution is -0.576. The number of pyridine rings is 1. The molecule has 0 unspecified atom stereocenters. The number of ether oxygens (including phenoxy) is 1. The number of aliphatic hydroxyl groups is 2. The van der Waals surface area contributed by atoms with Crippen molar-refractivity contribution >= 4 is 34.3 Å². The van der Waals surface area contributed by atoms with Crippen LogP contribution in [0.4, 0.5) is 5.69 Å². The first-order valence-electron chi connectivity index (χ1n) is 9.09. The molecule has 0 aliphatic rings. The third-order valence-electron chi connectivity index (χ3n) is 4.38. The van der Waals surface area contributed by atoms with Crippen molar-refractivity contribution in [3.63, 3.8) is 0 Å². The molecule has 1 aromatic heterocycles. The van der Waals surface area contributed by atoms with Gasteiger partial charge in [0.15, 0.2) is 23.1 Å². The monoisotopic (exact) mass is 407 g/mol. The van der Waals surface area contributed by atoms with Crippen LogP contribution < -0.4 is 14.6 Å². The first kappa shape index (κ1) is 20.5. The van der Waals surface area contributed by atoms with Gasteiger partial charge in [0, 0.05) is 22.9 Å². The Morgan fingerprint density at radius 1 is 1.10 bits per heavy atom. The highest BCUT2D eigenvalue weighted by Gasteiger charge is 2.24. The van der Waals surface area contributed by atoms with E-state index in [2.05, 4.69) is 5.32 Å². The van der Waals surface area contributed by atoms with Crippen molar-refractivity contribution < 1.29 is 19.5 Å². The van der Waals surface area contributed by atoms with Gasteiger partial charge in [0.1, 0.15) is 5.75 Å². The molecule has 0 saturated heterocycles. The van der Waals surface area contributed by atoms with Crippen molar-refractivity contribution in [1.82, 2.24) is 0 Å². The maximum atomic E-state index is 11.1. The predicted molar refractivity (Wildman–Crippen MR) is 119 cm³/mol. The summed E-state index contributed by atoms with van der Waals surface area (Å²) in [5.41, 5.74) is 3.62. The van der Waals surface area contributed by atoms with Crippen LogP contribution in [-0.2, 0) is 6.61 Å². The summed E-state index contributed by atoms with van der Waals surface area (Å²) >= 11 is 5.65. The van der Waals surface area contributed by atoms with Crippen molar-refractivity contribution in [2.75, 3.05) is 12.4 Å². The van der Waals surface area contributed by atoms with Gasteiger partial charge in [-0.25, -0.2) is 0 Å². The minimum absolute atomic E-state index is 0.0119. The van der Waals surface area contributed by atoms with Crippen LogP contribution >= 0.6 is 12.2 Å². The molecule has 29 heavy (non-hydrogen) atoms. The topological polar surface area (TPSA) is 65.6 Å². The highest BCUT2D eigenvalue weighted by Crippen LogP contribution is 2.22. The number of benzene rings is 2. The highest BCUT2D eigenvalue weighted by molar-refractivity contribution is 7.81. The number of aryl methyl sites for hydroxylation is 1. The quantitative estimate of drug-likeness (QED) is 0.248. The molecule has 148 valence electrons. The first-order chi connectivity index (χ1) is 14.0. The van der Waals surface area contributed by atoms with E-state index >= 15 is 0 Å². The van der Waals surface area contributed by atoms with Gasteiger partial charge in [0.2, 0.25) is 0 Å². The van der Waals surface area contributed by atoms with Crippen molar-refractivity contribution in [1.29, 1.82) is 0 Å². The zero-order chi connectivity index (χ0) is 20.8. The summed E-state index contributed by atoms with van der Waals surface area (Å²) in [7, 11) is 1.59. The van der Waals surface area contributed by atoms with Crippen LogP contribution in [0.3, 0.4) is 0 Å². The van der Waals surface area contributed by atoms with E-state index in [4.69, 9.17) is 17.0 Å². The summed E-state index contributed by atoms with van der Waals surface area (Å²) in [5.74, 6) is 0.705. The van der Waals surface area contributed by atoms with Crippen LogP contribution in [0, 0.1) is 6.92 Å². The smallest absolute Gasteiger partial charge is 0.288 e. The van der Waals surface area contributed by atoms with Gasteiger partial charge in [-0.1, -0.05) is 24.4 Å². The lowest BCUT2D eigenvalue weighted by atomic mass is 10.1. The van der Waals surface area contributed by atoms with Crippen molar-refractivity contribution in [2.45, 2.75) is 13.5 Å². The second kappa shape index (κ2) is 9.32. The predicted octanol–water partition coefficient (Wildman–Crippen LogP) is 4.11. The summed E-state index contributed by atoms with van der Waals surface area (Å²) in [5, 5.41) is 23.8. The second-order valence-corrected chi connectivity index (χ2v) is 6.94. The Balaban J connectivity index is 2.08. The van der Waals surface area contributed by atoms with Gasteiger partial charge in [-0.3, -0.25) is 0 Å². The van der Waals surface area contributed by atoms with Crippen LogP contribution in [0.25, 0.3) is 11.5 Å². The molecule has 5 nitrogen and oxygen atoms in total. The SMILES string of the molecule is COc1ccc(/C(O)=C(/C(=S)Nc2cccc(C)c2)[n+]2cccc(CO)c2)cc1. The minimum Gasteiger partial charge on any atom is -0.502 e. The van der Waals surface area contributed by atoms with Crippen molar-refractivity contribution in [2.24, 2.45) is 0 Å². The molecule has 0 spiro atoms. The molecule has 3 N–H and O–H groups in total. The molecule has 0 saturated carbocycles. The van der Waals surface area contributed by atoms with Gasteiger partial charge in [-0.2, -0.15) is 4.57 Å². The molecule has 1 heterocycles. The van der Waals surface area contributed by atoms with E-state index in [0.29, 0.717) is 27.6 Å². The normalized spacial score (nSPS) is 11.6. The number of rotatable bonds is 6. The Labute approximate surface area is 175 Å². The molecule has 0 aliphatic carbocycles. The summed E-state index contributed by atoms with van der Waals surface area (Å²) in [4.78, 5) is 0.351. The number of nitrogens with one attached hydrogen (secondary N) is 1. The Hall–Kier alpha value is -3.22. The molecule has 3 aromatic rings. The first-order valence-corrected chi connectivity index (χ1v) is 9.49. The summed E-state index contributed by atoms with van der Waals surface area (Å²) < 4.78 is 6.90. The van der Waals surface area contributed by atoms with Gasteiger partial charge in [-0.15, -0.1) is 0 Å². The van der Waals surface area contributed by atoms with Gasteiger partial charge in [0.25, 0.3) is 5.70 Å². The van der Waals surface area contributed by atoms with Crippen molar-refractivity contribution in [3.8, 4) is 5.75 Å². The van der Waals surface area contributed by atoms with E-state index in [1.165, 1.54) is 0 Å². The fourth-order valence-corrected chi connectivity index (χ4v) is 3.22. The van der Waals surface area contributed by atoms with Gasteiger partial charge in [-0.05, 0) is 55.0 Å². The zero-order valence-electron chi connectivity index (χ0n) is 16.3. The number of thiocarbonyl (C=S) groups is 1. The van der Waals surface area contributed by atoms with Crippen LogP contribution in [0.5, 0.6) is 5.75 Å². The lowest BCUT2D eigenvalue weighted by Gasteiger charge is -2.11. The lowest BCUT2D eigenvalue weighted by Crippen LogP contribution is -2.39. The molecule has 0 aliphatic heterocycles. The molecule has 2 aromatic carbocycles. The fourth-order valence-electron chi connectivity index (χ4n) is 2.90. The number of anilines is 1. The van der Waals surface area contributed by atoms with E-state index < -0.39 is 0 Å². The maximum absolute atomic E-state index is 11.1. The Morgan fingerprint density at radius 3 is 2.52 bits per heavy atom. The molecule has 3 rings (SSSR count). The number of hydrogen-bond donors (Lipinski definition) is 3. The third-order valence-corrected chi connectivity index (χ3v) is 4.68. The van der Waals surface area contributed by atoms with E-state index in [-0.39, 0.29) is 12.4 Å². The molecule has 0 radical (unpaired) electrons. The van der Waals surface area contributed by atoms with Crippen LogP contribution in [0.2, 0.25) is 0 Å². The summed E-state index contributed by atoms with van der Waals surface area (Å²) in [6.07, 6.45) is 3.51. The van der Waals surface area contributed by atoms with Crippen LogP contribution in [-0.4, -0.2) is 22.3 Å². The molecular weight excluding hydrogens is 384 g/mol. The minimum atomic E-state index is -0.116. The Morgan fingerprint density at radius 2 is 1.86 bits per heavy atom. The number of methoxy groups -OCH3 is 1. The molecule has 6 heteroatoms. The van der Waals surface area contributed by atoms with Crippen LogP contribution in [0.15, 0.2) is 73.1 Å². The Kier molecular flexibility index (Phi) is 6.59. The highest BCUT2D eigenvalue weighted by atomic mass is 32.1. The van der Waals surface area contributed by atoms with Gasteiger partial charge >= 0.3 is 0 Å². The van der Waals surface area contributed by atoms with Gasteiger partial charge < -0.3 is 20.3 Å². The molecule has 0 amide bonds. The third kappa shape index (κ3) is 4.99. The van der Waals surface area contributed by atoms with E-state index in [9.17, 15) is 10.2 Å². The van der Waals surface area contributed by atoms with Gasteiger partial charge in [0.05, 0.1) is 13.7 Å². The number of aromatic nitrogens is 1. The maximum Gasteiger partial charge on any atom is 0.288 e. The molecule has 0 bridgehead atoms. The summed E-state index contributed by atoms with van der Waals surface area (Å²) in [6, 6.07) is 18.5. The molecular formula is C23H23N2O3S+. The average Bonchev–Trinajstić information content (AvgIpc) is 2.74. The van der Waals surface area contributed by atoms with Crippen LogP contribution in [0.1, 0.15) is 16.7 Å². The summed E-state index contributed by atoms with van der Waals surface area (Å²) in [6.45, 7) is 1.88. The molecule has 0 fully saturated rings. The standard InChI is InChI=1S/C23H22N2O3S/c1-16-5-3-7-19(13-16)24-23(29)21(25-12-4-6-17(14-25)15-26)22(27)18-8-10-20(28-2)11-9-18/h3-14,26H,15H2,1-2H3,(H-,24,27,29)/p+1. The molecule has 0 atom stereocenters. The number of nitrogens with zero attached hydrogens (tertiary/aromatic N) is 1. The van der Waals surface area contributed by atoms with E-state index in [1.807, 2.05) is 31.2 Å². The van der Waals surface area contributed by atoms with Crippen molar-refractivity contribution in [3.05, 3.63) is 89.7 Å². The second-order valence-electron chi connectivity index (χ2n) is 6.53. The van der Waals surface area contributed by atoms with E-state index in [0.717, 1.165) is 11.3 Å². The fraction of sp³-hybridized carbons (Fsp3) is 0.130.